The van der Waals surface area contributed by atoms with E-state index in [9.17, 15) is 9.59 Å². The summed E-state index contributed by atoms with van der Waals surface area (Å²) in [5.41, 5.74) is 3.48. The molecule has 0 amide bonds. The summed E-state index contributed by atoms with van der Waals surface area (Å²) in [6.45, 7) is 5.59. The van der Waals surface area contributed by atoms with Crippen LogP contribution in [0.5, 0.6) is 0 Å². The number of hydrogen-bond donors (Lipinski definition) is 1. The molecule has 0 atom stereocenters. The summed E-state index contributed by atoms with van der Waals surface area (Å²) < 4.78 is 4.50. The van der Waals surface area contributed by atoms with Gasteiger partial charge in [0.15, 0.2) is 11.2 Å². The van der Waals surface area contributed by atoms with E-state index in [0.717, 1.165) is 17.8 Å². The van der Waals surface area contributed by atoms with Crippen molar-refractivity contribution in [3.05, 3.63) is 50.2 Å². The fraction of sp³-hybridized carbons (Fsp3) is 0.421. The van der Waals surface area contributed by atoms with Crippen molar-refractivity contribution in [3.8, 4) is 0 Å². The minimum absolute atomic E-state index is 0.0708. The summed E-state index contributed by atoms with van der Waals surface area (Å²) in [5.74, 6) is 0.684. The highest BCUT2D eigenvalue weighted by atomic mass is 16.3. The number of rotatable bonds is 4. The lowest BCUT2D eigenvalue weighted by Gasteiger charge is -2.19. The molecule has 27 heavy (non-hydrogen) atoms. The number of nitrogens with zero attached hydrogens (tertiary/aromatic N) is 5. The molecule has 8 nitrogen and oxygen atoms in total. The van der Waals surface area contributed by atoms with Crippen molar-refractivity contribution in [2.24, 2.45) is 7.05 Å². The maximum atomic E-state index is 13.0. The van der Waals surface area contributed by atoms with Crippen molar-refractivity contribution in [1.29, 1.82) is 0 Å². The molecule has 0 bridgehead atoms. The lowest BCUT2D eigenvalue weighted by Crippen LogP contribution is -2.39. The van der Waals surface area contributed by atoms with Gasteiger partial charge < -0.3 is 14.6 Å². The van der Waals surface area contributed by atoms with Gasteiger partial charge in [0.2, 0.25) is 5.95 Å². The van der Waals surface area contributed by atoms with Gasteiger partial charge in [-0.3, -0.25) is 13.9 Å². The molecule has 0 unspecified atom stereocenters. The molecule has 3 aromatic rings. The molecule has 1 N–H and O–H groups in total. The zero-order valence-corrected chi connectivity index (χ0v) is 15.8. The number of hydrogen-bond acceptors (Lipinski definition) is 5. The second-order valence-electron chi connectivity index (χ2n) is 7.05. The van der Waals surface area contributed by atoms with Gasteiger partial charge in [-0.25, -0.2) is 4.79 Å². The predicted octanol–water partition coefficient (Wildman–Crippen LogP) is 1.05. The van der Waals surface area contributed by atoms with Gasteiger partial charge in [0, 0.05) is 39.0 Å². The van der Waals surface area contributed by atoms with Crippen LogP contribution in [-0.2, 0) is 20.1 Å². The van der Waals surface area contributed by atoms with E-state index in [2.05, 4.69) is 41.9 Å². The Morgan fingerprint density at radius 3 is 2.67 bits per heavy atom. The highest BCUT2D eigenvalue weighted by molar-refractivity contribution is 5.78. The van der Waals surface area contributed by atoms with E-state index in [1.165, 1.54) is 14.7 Å². The second kappa shape index (κ2) is 6.38. The number of aromatic nitrogens is 4. The van der Waals surface area contributed by atoms with E-state index >= 15 is 0 Å². The standard InChI is InChI=1S/C19H23N5O3/c1-12-5-6-14(13(2)11-12)22-8-9-23-15-16(20-18(22)23)21(3)19(27)24(17(15)26)7-4-10-25/h5-6,11,25H,4,7-10H2,1-3H3. The van der Waals surface area contributed by atoms with Crippen molar-refractivity contribution >= 4 is 22.8 Å². The number of imidazole rings is 1. The van der Waals surface area contributed by atoms with Gasteiger partial charge in [0.1, 0.15) is 0 Å². The maximum Gasteiger partial charge on any atom is 0.332 e. The summed E-state index contributed by atoms with van der Waals surface area (Å²) in [7, 11) is 1.63. The van der Waals surface area contributed by atoms with Gasteiger partial charge in [-0.1, -0.05) is 17.7 Å². The highest BCUT2D eigenvalue weighted by Gasteiger charge is 2.29. The quantitative estimate of drug-likeness (QED) is 0.743. The smallest absolute Gasteiger partial charge is 0.332 e. The summed E-state index contributed by atoms with van der Waals surface area (Å²) in [5, 5.41) is 9.06. The fourth-order valence-electron chi connectivity index (χ4n) is 3.84. The third-order valence-corrected chi connectivity index (χ3v) is 5.18. The zero-order chi connectivity index (χ0) is 19.3. The van der Waals surface area contributed by atoms with E-state index in [1.807, 2.05) is 4.57 Å². The van der Waals surface area contributed by atoms with Gasteiger partial charge in [-0.15, -0.1) is 0 Å². The Bertz CT molecular complexity index is 1150. The third-order valence-electron chi connectivity index (χ3n) is 5.18. The molecule has 4 rings (SSSR count). The van der Waals surface area contributed by atoms with Crippen molar-refractivity contribution in [2.75, 3.05) is 18.1 Å². The van der Waals surface area contributed by atoms with E-state index < -0.39 is 5.69 Å². The molecule has 142 valence electrons. The Balaban J connectivity index is 1.92. The van der Waals surface area contributed by atoms with E-state index in [-0.39, 0.29) is 18.7 Å². The Morgan fingerprint density at radius 1 is 1.19 bits per heavy atom. The lowest BCUT2D eigenvalue weighted by atomic mass is 10.1. The summed E-state index contributed by atoms with van der Waals surface area (Å²) in [6.07, 6.45) is 0.357. The average Bonchev–Trinajstić information content (AvgIpc) is 3.19. The van der Waals surface area contributed by atoms with Crippen LogP contribution in [0.3, 0.4) is 0 Å². The Morgan fingerprint density at radius 2 is 1.96 bits per heavy atom. The Hall–Kier alpha value is -2.87. The fourth-order valence-corrected chi connectivity index (χ4v) is 3.84. The number of anilines is 2. The van der Waals surface area contributed by atoms with Gasteiger partial charge in [-0.05, 0) is 31.9 Å². The second-order valence-corrected chi connectivity index (χ2v) is 7.05. The molecule has 0 spiro atoms. The van der Waals surface area contributed by atoms with Crippen LogP contribution in [0.15, 0.2) is 27.8 Å². The predicted molar refractivity (Wildman–Crippen MR) is 104 cm³/mol. The molecule has 3 heterocycles. The van der Waals surface area contributed by atoms with Crippen LogP contribution in [-0.4, -0.2) is 36.9 Å². The number of aliphatic hydroxyl groups is 1. The van der Waals surface area contributed by atoms with Crippen LogP contribution in [0.4, 0.5) is 11.6 Å². The third kappa shape index (κ3) is 2.59. The average molecular weight is 369 g/mol. The van der Waals surface area contributed by atoms with Crippen molar-refractivity contribution in [1.82, 2.24) is 18.7 Å². The van der Waals surface area contributed by atoms with Gasteiger partial charge in [0.25, 0.3) is 5.56 Å². The molecule has 1 aromatic carbocycles. The van der Waals surface area contributed by atoms with Crippen LogP contribution in [0.1, 0.15) is 17.5 Å². The first kappa shape index (κ1) is 17.5. The lowest BCUT2D eigenvalue weighted by molar-refractivity contribution is 0.277. The number of fused-ring (bicyclic) bond motifs is 3. The minimum atomic E-state index is -0.407. The molecule has 0 fully saturated rings. The molecular formula is C19H23N5O3. The van der Waals surface area contributed by atoms with Crippen molar-refractivity contribution in [3.63, 3.8) is 0 Å². The van der Waals surface area contributed by atoms with Crippen LogP contribution in [0.2, 0.25) is 0 Å². The first-order valence-corrected chi connectivity index (χ1v) is 9.09. The number of aryl methyl sites for hydroxylation is 3. The minimum Gasteiger partial charge on any atom is -0.396 e. The number of aliphatic hydroxyl groups excluding tert-OH is 1. The molecule has 2 aromatic heterocycles. The van der Waals surface area contributed by atoms with Crippen LogP contribution < -0.4 is 16.1 Å². The molecule has 1 aliphatic heterocycles. The summed E-state index contributed by atoms with van der Waals surface area (Å²) in [4.78, 5) is 32.3. The van der Waals surface area contributed by atoms with Gasteiger partial charge in [-0.2, -0.15) is 4.98 Å². The maximum absolute atomic E-state index is 13.0. The first-order chi connectivity index (χ1) is 12.9. The van der Waals surface area contributed by atoms with Crippen LogP contribution in [0, 0.1) is 13.8 Å². The molecule has 1 aliphatic rings. The van der Waals surface area contributed by atoms with Crippen molar-refractivity contribution < 1.29 is 5.11 Å². The van der Waals surface area contributed by atoms with Crippen molar-refractivity contribution in [2.45, 2.75) is 33.4 Å². The molecule has 8 heteroatoms. The molecule has 0 saturated heterocycles. The highest BCUT2D eigenvalue weighted by Crippen LogP contribution is 2.33. The van der Waals surface area contributed by atoms with E-state index in [1.54, 1.807) is 7.05 Å². The topological polar surface area (TPSA) is 85.3 Å². The molecular weight excluding hydrogens is 346 g/mol. The Labute approximate surface area is 155 Å². The molecule has 0 aliphatic carbocycles. The summed E-state index contributed by atoms with van der Waals surface area (Å²) >= 11 is 0. The van der Waals surface area contributed by atoms with E-state index in [0.29, 0.717) is 30.1 Å². The summed E-state index contributed by atoms with van der Waals surface area (Å²) in [6, 6.07) is 6.25. The largest absolute Gasteiger partial charge is 0.396 e. The van der Waals surface area contributed by atoms with Crippen LogP contribution >= 0.6 is 0 Å². The zero-order valence-electron chi connectivity index (χ0n) is 15.8. The van der Waals surface area contributed by atoms with Gasteiger partial charge in [0.05, 0.1) is 0 Å². The monoisotopic (exact) mass is 369 g/mol. The SMILES string of the molecule is Cc1ccc(N2CCn3c2nc2c3c(=O)n(CCCO)c(=O)n2C)c(C)c1. The number of benzene rings is 1. The molecule has 0 radical (unpaired) electrons. The first-order valence-electron chi connectivity index (χ1n) is 9.09. The Kier molecular flexibility index (Phi) is 4.15. The van der Waals surface area contributed by atoms with Gasteiger partial charge >= 0.3 is 5.69 Å². The van der Waals surface area contributed by atoms with Crippen LogP contribution in [0.25, 0.3) is 11.2 Å². The molecule has 0 saturated carbocycles. The van der Waals surface area contributed by atoms with E-state index in [4.69, 9.17) is 5.11 Å². The normalized spacial score (nSPS) is 13.6.